The highest BCUT2D eigenvalue weighted by molar-refractivity contribution is 5.95. The highest BCUT2D eigenvalue weighted by Gasteiger charge is 2.08. The lowest BCUT2D eigenvalue weighted by Crippen LogP contribution is -2.41. The normalized spacial score (nSPS) is 10.3. The van der Waals surface area contributed by atoms with Crippen molar-refractivity contribution >= 4 is 17.9 Å². The Morgan fingerprint density at radius 3 is 2.42 bits per heavy atom. The molecule has 0 aromatic rings. The molecule has 110 valence electrons. The third-order valence-corrected chi connectivity index (χ3v) is 2.03. The molecule has 0 radical (unpaired) electrons. The number of carbonyl (C=O) groups excluding carboxylic acids is 2. The smallest absolute Gasteiger partial charge is 0.321 e. The van der Waals surface area contributed by atoms with Gasteiger partial charge in [-0.25, -0.2) is 4.79 Å². The fourth-order valence-electron chi connectivity index (χ4n) is 1.04. The fourth-order valence-corrected chi connectivity index (χ4v) is 1.04. The summed E-state index contributed by atoms with van der Waals surface area (Å²) in [6.45, 7) is 1.99. The van der Waals surface area contributed by atoms with Crippen LogP contribution < -0.4 is 10.6 Å². The number of amides is 3. The number of aliphatic carboxylic acids is 1. The molecule has 0 saturated carbocycles. The number of urea groups is 1. The minimum absolute atomic E-state index is 0.220. The molecule has 0 saturated heterocycles. The van der Waals surface area contributed by atoms with Gasteiger partial charge in [0.1, 0.15) is 0 Å². The van der Waals surface area contributed by atoms with Crippen molar-refractivity contribution in [2.24, 2.45) is 0 Å². The Hall–Kier alpha value is -1.67. The molecule has 3 amide bonds. The van der Waals surface area contributed by atoms with Crippen molar-refractivity contribution in [1.29, 1.82) is 0 Å². The number of hydrogen-bond donors (Lipinski definition) is 3. The van der Waals surface area contributed by atoms with Gasteiger partial charge in [-0.2, -0.15) is 0 Å². The Kier molecular flexibility index (Phi) is 9.37. The molecule has 8 nitrogen and oxygen atoms in total. The molecule has 0 unspecified atom stereocenters. The van der Waals surface area contributed by atoms with Crippen LogP contribution in [0.3, 0.4) is 0 Å². The number of likely N-dealkylation sites (N-methyl/N-ethyl adjacent to an activating group) is 1. The molecule has 3 N–H and O–H groups in total. The molecule has 19 heavy (non-hydrogen) atoms. The first-order chi connectivity index (χ1) is 8.91. The van der Waals surface area contributed by atoms with Crippen molar-refractivity contribution in [1.82, 2.24) is 15.5 Å². The van der Waals surface area contributed by atoms with Gasteiger partial charge in [-0.05, 0) is 14.1 Å². The SMILES string of the molecule is CN(C)CCOCCNC(=O)NC(=O)CCC(=O)O. The lowest BCUT2D eigenvalue weighted by Gasteiger charge is -2.10. The highest BCUT2D eigenvalue weighted by atomic mass is 16.5. The van der Waals surface area contributed by atoms with E-state index in [1.54, 1.807) is 0 Å². The Balaban J connectivity index is 3.48. The number of rotatable bonds is 9. The summed E-state index contributed by atoms with van der Waals surface area (Å²) in [5.41, 5.74) is 0. The van der Waals surface area contributed by atoms with E-state index in [0.29, 0.717) is 13.2 Å². The number of nitrogens with one attached hydrogen (secondary N) is 2. The van der Waals surface area contributed by atoms with Crippen molar-refractivity contribution in [2.75, 3.05) is 40.4 Å². The Morgan fingerprint density at radius 1 is 1.16 bits per heavy atom. The quantitative estimate of drug-likeness (QED) is 0.478. The molecule has 0 fully saturated rings. The second kappa shape index (κ2) is 10.3. The van der Waals surface area contributed by atoms with E-state index in [0.717, 1.165) is 6.54 Å². The van der Waals surface area contributed by atoms with E-state index in [1.807, 2.05) is 24.3 Å². The summed E-state index contributed by atoms with van der Waals surface area (Å²) in [6, 6.07) is -0.647. The molecule has 0 aliphatic carbocycles. The van der Waals surface area contributed by atoms with Crippen LogP contribution in [-0.2, 0) is 14.3 Å². The molecule has 0 atom stereocenters. The maximum atomic E-state index is 11.2. The Morgan fingerprint density at radius 2 is 1.84 bits per heavy atom. The molecule has 0 aromatic heterocycles. The first-order valence-corrected chi connectivity index (χ1v) is 5.93. The zero-order chi connectivity index (χ0) is 14.7. The molecule has 0 spiro atoms. The van der Waals surface area contributed by atoms with Gasteiger partial charge in [0.15, 0.2) is 0 Å². The summed E-state index contributed by atoms with van der Waals surface area (Å²) in [5.74, 6) is -1.70. The van der Waals surface area contributed by atoms with Crippen LogP contribution in [0, 0.1) is 0 Å². The number of hydrogen-bond acceptors (Lipinski definition) is 5. The molecule has 0 aromatic carbocycles. The van der Waals surface area contributed by atoms with Crippen LogP contribution in [0.4, 0.5) is 4.79 Å². The average molecular weight is 275 g/mol. The molecular formula is C11H21N3O5. The lowest BCUT2D eigenvalue weighted by molar-refractivity contribution is -0.138. The second-order valence-corrected chi connectivity index (χ2v) is 4.11. The van der Waals surface area contributed by atoms with Gasteiger partial charge in [-0.3, -0.25) is 14.9 Å². The van der Waals surface area contributed by atoms with Gasteiger partial charge in [-0.15, -0.1) is 0 Å². The predicted octanol–water partition coefficient (Wildman–Crippen LogP) is -0.745. The summed E-state index contributed by atoms with van der Waals surface area (Å²) in [7, 11) is 3.86. The fraction of sp³-hybridized carbons (Fsp3) is 0.727. The van der Waals surface area contributed by atoms with E-state index in [4.69, 9.17) is 9.84 Å². The van der Waals surface area contributed by atoms with Gasteiger partial charge in [0.05, 0.1) is 19.6 Å². The monoisotopic (exact) mass is 275 g/mol. The molecule has 0 rings (SSSR count). The van der Waals surface area contributed by atoms with E-state index in [2.05, 4.69) is 5.32 Å². The van der Waals surface area contributed by atoms with Crippen molar-refractivity contribution in [3.05, 3.63) is 0 Å². The zero-order valence-electron chi connectivity index (χ0n) is 11.3. The predicted molar refractivity (Wildman–Crippen MR) is 67.8 cm³/mol. The van der Waals surface area contributed by atoms with Gasteiger partial charge < -0.3 is 20.1 Å². The summed E-state index contributed by atoms with van der Waals surface area (Å²) < 4.78 is 5.23. The van der Waals surface area contributed by atoms with Gasteiger partial charge in [-0.1, -0.05) is 0 Å². The van der Waals surface area contributed by atoms with E-state index in [1.165, 1.54) is 0 Å². The van der Waals surface area contributed by atoms with E-state index < -0.39 is 17.9 Å². The summed E-state index contributed by atoms with van der Waals surface area (Å²) in [5, 5.41) is 12.8. The van der Waals surface area contributed by atoms with Crippen LogP contribution in [-0.4, -0.2) is 68.3 Å². The van der Waals surface area contributed by atoms with Crippen LogP contribution in [0.25, 0.3) is 0 Å². The standard InChI is InChI=1S/C11H21N3O5/c1-14(2)6-8-19-7-5-12-11(18)13-9(15)3-4-10(16)17/h3-8H2,1-2H3,(H,16,17)(H2,12,13,15,18). The number of imide groups is 1. The van der Waals surface area contributed by atoms with Gasteiger partial charge >= 0.3 is 12.0 Å². The second-order valence-electron chi connectivity index (χ2n) is 4.11. The molecule has 0 aliphatic rings. The Labute approximate surface area is 112 Å². The minimum Gasteiger partial charge on any atom is -0.481 e. The van der Waals surface area contributed by atoms with Crippen molar-refractivity contribution < 1.29 is 24.2 Å². The van der Waals surface area contributed by atoms with Gasteiger partial charge in [0.25, 0.3) is 0 Å². The van der Waals surface area contributed by atoms with E-state index in [-0.39, 0.29) is 19.4 Å². The summed E-state index contributed by atoms with van der Waals surface area (Å²) in [4.78, 5) is 34.5. The number of carboxylic acid groups (broad SMARTS) is 1. The maximum absolute atomic E-state index is 11.2. The maximum Gasteiger partial charge on any atom is 0.321 e. The van der Waals surface area contributed by atoms with Crippen LogP contribution in [0.15, 0.2) is 0 Å². The molecule has 0 aliphatic heterocycles. The van der Waals surface area contributed by atoms with Crippen LogP contribution >= 0.6 is 0 Å². The first-order valence-electron chi connectivity index (χ1n) is 5.93. The summed E-state index contributed by atoms with van der Waals surface area (Å²) in [6.07, 6.45) is -0.519. The van der Waals surface area contributed by atoms with Gasteiger partial charge in [0, 0.05) is 19.5 Å². The number of nitrogens with zero attached hydrogens (tertiary/aromatic N) is 1. The van der Waals surface area contributed by atoms with Crippen LogP contribution in [0.5, 0.6) is 0 Å². The largest absolute Gasteiger partial charge is 0.481 e. The average Bonchev–Trinajstić information content (AvgIpc) is 2.30. The molecule has 0 heterocycles. The highest BCUT2D eigenvalue weighted by Crippen LogP contribution is 1.88. The van der Waals surface area contributed by atoms with E-state index in [9.17, 15) is 14.4 Å². The molecule has 8 heteroatoms. The Bertz CT molecular complexity index is 307. The number of carboxylic acids is 1. The van der Waals surface area contributed by atoms with Crippen molar-refractivity contribution in [3.8, 4) is 0 Å². The minimum atomic E-state index is -1.08. The third-order valence-electron chi connectivity index (χ3n) is 2.03. The first kappa shape index (κ1) is 17.3. The number of carbonyl (C=O) groups is 3. The summed E-state index contributed by atoms with van der Waals surface area (Å²) >= 11 is 0. The van der Waals surface area contributed by atoms with Crippen molar-refractivity contribution in [2.45, 2.75) is 12.8 Å². The topological polar surface area (TPSA) is 108 Å². The lowest BCUT2D eigenvalue weighted by atomic mass is 10.3. The van der Waals surface area contributed by atoms with Gasteiger partial charge in [0.2, 0.25) is 5.91 Å². The van der Waals surface area contributed by atoms with Crippen molar-refractivity contribution in [3.63, 3.8) is 0 Å². The zero-order valence-corrected chi connectivity index (χ0v) is 11.3. The van der Waals surface area contributed by atoms with Crippen LogP contribution in [0.1, 0.15) is 12.8 Å². The number of ether oxygens (including phenoxy) is 1. The third kappa shape index (κ3) is 12.6. The molecule has 0 bridgehead atoms. The van der Waals surface area contributed by atoms with E-state index >= 15 is 0 Å². The molecular weight excluding hydrogens is 254 g/mol. The van der Waals surface area contributed by atoms with Crippen LogP contribution in [0.2, 0.25) is 0 Å².